The molecule has 0 saturated carbocycles. The van der Waals surface area contributed by atoms with E-state index >= 15 is 0 Å². The predicted molar refractivity (Wildman–Crippen MR) is 88.8 cm³/mol. The highest BCUT2D eigenvalue weighted by Gasteiger charge is 2.18. The molecule has 0 amide bonds. The van der Waals surface area contributed by atoms with Crippen LogP contribution >= 0.6 is 0 Å². The van der Waals surface area contributed by atoms with Crippen LogP contribution in [0.15, 0.2) is 29.8 Å². The number of hydrogen-bond acceptors (Lipinski definition) is 2. The van der Waals surface area contributed by atoms with Crippen molar-refractivity contribution in [2.45, 2.75) is 57.5 Å². The monoisotopic (exact) mass is 285 g/mol. The molecular formula is C19H27NO. The first-order valence-corrected chi connectivity index (χ1v) is 8.46. The van der Waals surface area contributed by atoms with Crippen LogP contribution in [-0.4, -0.2) is 18.7 Å². The van der Waals surface area contributed by atoms with Gasteiger partial charge < -0.3 is 10.0 Å². The van der Waals surface area contributed by atoms with Gasteiger partial charge in [0.25, 0.3) is 0 Å². The molecule has 2 heteroatoms. The molecule has 0 aromatic heterocycles. The lowest BCUT2D eigenvalue weighted by atomic mass is 9.90. The Balaban J connectivity index is 1.82. The lowest BCUT2D eigenvalue weighted by Gasteiger charge is -2.28. The van der Waals surface area contributed by atoms with Gasteiger partial charge in [0, 0.05) is 19.3 Å². The van der Waals surface area contributed by atoms with E-state index < -0.39 is 6.10 Å². The first-order valence-electron chi connectivity index (χ1n) is 8.46. The van der Waals surface area contributed by atoms with Gasteiger partial charge in [0.1, 0.15) is 6.10 Å². The van der Waals surface area contributed by atoms with Crippen LogP contribution in [-0.2, 0) is 6.42 Å². The molecule has 0 bridgehead atoms. The maximum atomic E-state index is 10.7. The summed E-state index contributed by atoms with van der Waals surface area (Å²) in [5.74, 6) is 0. The Morgan fingerprint density at radius 1 is 1.05 bits per heavy atom. The molecule has 0 radical (unpaired) electrons. The zero-order valence-corrected chi connectivity index (χ0v) is 13.1. The molecule has 1 aliphatic carbocycles. The number of allylic oxidation sites excluding steroid dienone is 1. The summed E-state index contributed by atoms with van der Waals surface area (Å²) in [6, 6.07) is 6.54. The number of rotatable bonds is 2. The fourth-order valence-corrected chi connectivity index (χ4v) is 3.65. The molecule has 21 heavy (non-hydrogen) atoms. The van der Waals surface area contributed by atoms with Crippen molar-refractivity contribution in [2.75, 3.05) is 18.5 Å². The standard InChI is InChI=1S/C19H27NO/c1-20-13-7-10-16-14-17(11-12-18(16)20)19(21)15-8-5-3-2-4-6-9-15/h8,11-12,14,19,21H,2-7,9-10,13H2,1H3/b15-8+. The van der Waals surface area contributed by atoms with Gasteiger partial charge in [-0.3, -0.25) is 0 Å². The molecule has 0 fully saturated rings. The molecule has 1 unspecified atom stereocenters. The highest BCUT2D eigenvalue weighted by molar-refractivity contribution is 5.56. The van der Waals surface area contributed by atoms with Gasteiger partial charge in [-0.15, -0.1) is 0 Å². The van der Waals surface area contributed by atoms with E-state index in [9.17, 15) is 5.11 Å². The summed E-state index contributed by atoms with van der Waals surface area (Å²) < 4.78 is 0. The molecule has 1 aromatic rings. The van der Waals surface area contributed by atoms with Gasteiger partial charge in [0.05, 0.1) is 0 Å². The third-order valence-electron chi connectivity index (χ3n) is 4.95. The van der Waals surface area contributed by atoms with Gasteiger partial charge in [-0.25, -0.2) is 0 Å². The van der Waals surface area contributed by atoms with Gasteiger partial charge in [0.2, 0.25) is 0 Å². The second-order valence-corrected chi connectivity index (χ2v) is 6.55. The van der Waals surface area contributed by atoms with Gasteiger partial charge in [0.15, 0.2) is 0 Å². The number of anilines is 1. The van der Waals surface area contributed by atoms with E-state index in [2.05, 4.69) is 36.2 Å². The highest BCUT2D eigenvalue weighted by atomic mass is 16.3. The van der Waals surface area contributed by atoms with E-state index in [1.165, 1.54) is 48.9 Å². The van der Waals surface area contributed by atoms with Crippen LogP contribution in [0.4, 0.5) is 5.69 Å². The number of aliphatic hydroxyl groups excluding tert-OH is 1. The average Bonchev–Trinajstić information content (AvgIpc) is 2.46. The van der Waals surface area contributed by atoms with Crippen LogP contribution in [0.5, 0.6) is 0 Å². The van der Waals surface area contributed by atoms with Crippen molar-refractivity contribution in [1.29, 1.82) is 0 Å². The van der Waals surface area contributed by atoms with E-state index in [0.717, 1.165) is 31.4 Å². The van der Waals surface area contributed by atoms with E-state index in [-0.39, 0.29) is 0 Å². The number of nitrogens with zero attached hydrogens (tertiary/aromatic N) is 1. The van der Waals surface area contributed by atoms with E-state index in [0.29, 0.717) is 0 Å². The lowest BCUT2D eigenvalue weighted by Crippen LogP contribution is -2.24. The Morgan fingerprint density at radius 3 is 2.81 bits per heavy atom. The van der Waals surface area contributed by atoms with Gasteiger partial charge >= 0.3 is 0 Å². The maximum Gasteiger partial charge on any atom is 0.100 e. The summed E-state index contributed by atoms with van der Waals surface area (Å²) >= 11 is 0. The Bertz CT molecular complexity index is 520. The Hall–Kier alpha value is -1.28. The Kier molecular flexibility index (Phi) is 4.64. The summed E-state index contributed by atoms with van der Waals surface area (Å²) in [5.41, 5.74) is 5.05. The van der Waals surface area contributed by atoms with E-state index in [1.807, 2.05) is 0 Å². The third kappa shape index (κ3) is 3.32. The van der Waals surface area contributed by atoms with Crippen LogP contribution in [0, 0.1) is 0 Å². The fourth-order valence-electron chi connectivity index (χ4n) is 3.65. The molecule has 1 aromatic carbocycles. The second kappa shape index (κ2) is 6.65. The van der Waals surface area contributed by atoms with Crippen LogP contribution in [0.3, 0.4) is 0 Å². The second-order valence-electron chi connectivity index (χ2n) is 6.55. The average molecular weight is 285 g/mol. The first kappa shape index (κ1) is 14.6. The molecule has 0 saturated heterocycles. The van der Waals surface area contributed by atoms with Crippen molar-refractivity contribution in [3.63, 3.8) is 0 Å². The summed E-state index contributed by atoms with van der Waals surface area (Å²) in [6.45, 7) is 1.14. The number of hydrogen-bond donors (Lipinski definition) is 1. The third-order valence-corrected chi connectivity index (χ3v) is 4.95. The number of fused-ring (bicyclic) bond motifs is 1. The van der Waals surface area contributed by atoms with Gasteiger partial charge in [-0.2, -0.15) is 0 Å². The highest BCUT2D eigenvalue weighted by Crippen LogP contribution is 2.33. The zero-order chi connectivity index (χ0) is 14.7. The van der Waals surface area contributed by atoms with Gasteiger partial charge in [-0.1, -0.05) is 31.1 Å². The molecule has 0 spiro atoms. The van der Waals surface area contributed by atoms with E-state index in [1.54, 1.807) is 0 Å². The smallest absolute Gasteiger partial charge is 0.100 e. The molecule has 1 atom stereocenters. The van der Waals surface area contributed by atoms with Crippen molar-refractivity contribution in [3.8, 4) is 0 Å². The minimum Gasteiger partial charge on any atom is -0.384 e. The van der Waals surface area contributed by atoms with Gasteiger partial charge in [-0.05, 0) is 61.3 Å². The normalized spacial score (nSPS) is 23.5. The Labute approximate surface area is 128 Å². The zero-order valence-electron chi connectivity index (χ0n) is 13.1. The molecule has 1 heterocycles. The van der Waals surface area contributed by atoms with Crippen molar-refractivity contribution < 1.29 is 5.11 Å². The largest absolute Gasteiger partial charge is 0.384 e. The number of aryl methyl sites for hydroxylation is 1. The minimum absolute atomic E-state index is 0.402. The molecule has 2 aliphatic rings. The van der Waals surface area contributed by atoms with E-state index in [4.69, 9.17) is 0 Å². The molecule has 114 valence electrons. The predicted octanol–water partition coefficient (Wildman–Crippen LogP) is 4.38. The fraction of sp³-hybridized carbons (Fsp3) is 0.579. The number of benzene rings is 1. The quantitative estimate of drug-likeness (QED) is 0.815. The SMILES string of the molecule is CN1CCCc2cc(C(O)/C3=C/CCCCCC3)ccc21. The topological polar surface area (TPSA) is 23.5 Å². The minimum atomic E-state index is -0.402. The molecule has 2 nitrogen and oxygen atoms in total. The van der Waals surface area contributed by atoms with Crippen molar-refractivity contribution in [2.24, 2.45) is 0 Å². The summed E-state index contributed by atoms with van der Waals surface area (Å²) in [6.07, 6.45) is 11.5. The van der Waals surface area contributed by atoms with Crippen molar-refractivity contribution in [1.82, 2.24) is 0 Å². The first-order chi connectivity index (χ1) is 10.3. The lowest BCUT2D eigenvalue weighted by molar-refractivity contribution is 0.209. The molecule has 1 aliphatic heterocycles. The molecular weight excluding hydrogens is 258 g/mol. The van der Waals surface area contributed by atoms with Crippen molar-refractivity contribution in [3.05, 3.63) is 41.0 Å². The van der Waals surface area contributed by atoms with Crippen LogP contribution in [0.25, 0.3) is 0 Å². The van der Waals surface area contributed by atoms with Crippen LogP contribution in [0.1, 0.15) is 62.2 Å². The maximum absolute atomic E-state index is 10.7. The molecule has 3 rings (SSSR count). The van der Waals surface area contributed by atoms with Crippen LogP contribution < -0.4 is 4.90 Å². The Morgan fingerprint density at radius 2 is 1.90 bits per heavy atom. The van der Waals surface area contributed by atoms with Crippen LogP contribution in [0.2, 0.25) is 0 Å². The summed E-state index contributed by atoms with van der Waals surface area (Å²) in [4.78, 5) is 2.32. The summed E-state index contributed by atoms with van der Waals surface area (Å²) in [7, 11) is 2.16. The van der Waals surface area contributed by atoms with Crippen molar-refractivity contribution >= 4 is 5.69 Å². The number of aliphatic hydroxyl groups is 1. The summed E-state index contributed by atoms with van der Waals surface area (Å²) in [5, 5.41) is 10.7. The molecule has 1 N–H and O–H groups in total.